The molecule has 3 N–H and O–H groups in total. The Morgan fingerprint density at radius 1 is 1.16 bits per heavy atom. The van der Waals surface area contributed by atoms with E-state index in [0.29, 0.717) is 23.1 Å². The van der Waals surface area contributed by atoms with E-state index in [4.69, 9.17) is 31.8 Å². The van der Waals surface area contributed by atoms with Crippen LogP contribution in [0.4, 0.5) is 5.69 Å². The van der Waals surface area contributed by atoms with E-state index in [0.717, 1.165) is 34.7 Å². The number of hydrogen-bond donors (Lipinski definition) is 2. The average molecular weight is 361 g/mol. The number of benzene rings is 1. The highest BCUT2D eigenvalue weighted by atomic mass is 35.5. The van der Waals surface area contributed by atoms with Crippen LogP contribution in [0.25, 0.3) is 16.9 Å². The van der Waals surface area contributed by atoms with Crippen molar-refractivity contribution in [3.8, 4) is 22.8 Å². The molecule has 3 aromatic rings. The molecule has 132 valence electrons. The van der Waals surface area contributed by atoms with E-state index in [2.05, 4.69) is 5.32 Å². The number of anilines is 1. The summed E-state index contributed by atoms with van der Waals surface area (Å²) in [6, 6.07) is 5.60. The lowest BCUT2D eigenvalue weighted by Crippen LogP contribution is -2.14. The number of aromatic nitrogens is 2. The van der Waals surface area contributed by atoms with E-state index >= 15 is 0 Å². The van der Waals surface area contributed by atoms with Gasteiger partial charge in [0.05, 0.1) is 30.6 Å². The van der Waals surface area contributed by atoms with Crippen molar-refractivity contribution in [2.45, 2.75) is 6.92 Å². The second kappa shape index (κ2) is 7.21. The molecule has 1 aromatic carbocycles. The second-order valence-corrected chi connectivity index (χ2v) is 6.07. The van der Waals surface area contributed by atoms with Gasteiger partial charge in [0.15, 0.2) is 0 Å². The summed E-state index contributed by atoms with van der Waals surface area (Å²) in [5.74, 6) is 1.22. The van der Waals surface area contributed by atoms with E-state index in [-0.39, 0.29) is 0 Å². The second-order valence-electron chi connectivity index (χ2n) is 5.66. The Morgan fingerprint density at radius 3 is 2.60 bits per heavy atom. The van der Waals surface area contributed by atoms with Crippen molar-refractivity contribution in [1.29, 1.82) is 0 Å². The van der Waals surface area contributed by atoms with Crippen molar-refractivity contribution in [3.63, 3.8) is 0 Å². The lowest BCUT2D eigenvalue weighted by molar-refractivity contribution is 0.395. The number of rotatable bonds is 6. The molecule has 0 radical (unpaired) electrons. The molecule has 3 rings (SSSR count). The van der Waals surface area contributed by atoms with E-state index < -0.39 is 0 Å². The van der Waals surface area contributed by atoms with Crippen molar-refractivity contribution >= 4 is 22.9 Å². The Labute approximate surface area is 151 Å². The number of halogens is 1. The summed E-state index contributed by atoms with van der Waals surface area (Å²) in [5.41, 5.74) is 10.1. The minimum Gasteiger partial charge on any atom is -0.496 e. The van der Waals surface area contributed by atoms with Crippen LogP contribution in [0.2, 0.25) is 5.02 Å². The minimum atomic E-state index is 0.511. The number of ether oxygens (including phenoxy) is 2. The number of nitrogens with zero attached hydrogens (tertiary/aromatic N) is 2. The standard InChI is InChI=1S/C18H21ClN4O2/c1-11-6-18-22-15(10-23(18)9-14(11)21-5-4-20)12-7-13(19)17(25-3)8-16(12)24-2/h6-10,21H,4-5,20H2,1-3H3. The van der Waals surface area contributed by atoms with Crippen LogP contribution < -0.4 is 20.5 Å². The highest BCUT2D eigenvalue weighted by molar-refractivity contribution is 6.32. The number of fused-ring (bicyclic) bond motifs is 1. The van der Waals surface area contributed by atoms with Crippen molar-refractivity contribution in [1.82, 2.24) is 9.38 Å². The predicted octanol–water partition coefficient (Wildman–Crippen LogP) is 3.35. The van der Waals surface area contributed by atoms with Crippen molar-refractivity contribution in [2.75, 3.05) is 32.6 Å². The molecule has 0 aliphatic carbocycles. The van der Waals surface area contributed by atoms with Crippen molar-refractivity contribution in [2.24, 2.45) is 5.73 Å². The molecule has 0 fully saturated rings. The van der Waals surface area contributed by atoms with E-state index in [1.54, 1.807) is 26.4 Å². The third-order valence-electron chi connectivity index (χ3n) is 4.01. The molecule has 0 saturated carbocycles. The van der Waals surface area contributed by atoms with Gasteiger partial charge >= 0.3 is 0 Å². The molecular formula is C18H21ClN4O2. The Hall–Kier alpha value is -2.44. The van der Waals surface area contributed by atoms with Gasteiger partial charge < -0.3 is 24.9 Å². The first-order valence-corrected chi connectivity index (χ1v) is 8.30. The average Bonchev–Trinajstić information content (AvgIpc) is 3.01. The lowest BCUT2D eigenvalue weighted by Gasteiger charge is -2.10. The fourth-order valence-electron chi connectivity index (χ4n) is 2.71. The maximum absolute atomic E-state index is 6.28. The van der Waals surface area contributed by atoms with E-state index in [9.17, 15) is 0 Å². The molecule has 6 nitrogen and oxygen atoms in total. The molecule has 2 aromatic heterocycles. The van der Waals surface area contributed by atoms with Gasteiger partial charge in [0.2, 0.25) is 0 Å². The van der Waals surface area contributed by atoms with Crippen LogP contribution in [-0.2, 0) is 0 Å². The molecule has 0 atom stereocenters. The molecule has 0 spiro atoms. The largest absolute Gasteiger partial charge is 0.496 e. The van der Waals surface area contributed by atoms with Crippen LogP contribution >= 0.6 is 11.6 Å². The summed E-state index contributed by atoms with van der Waals surface area (Å²) in [6.07, 6.45) is 3.96. The zero-order valence-corrected chi connectivity index (χ0v) is 15.2. The first-order valence-electron chi connectivity index (χ1n) is 7.92. The van der Waals surface area contributed by atoms with Crippen molar-refractivity contribution < 1.29 is 9.47 Å². The first kappa shape index (κ1) is 17.4. The minimum absolute atomic E-state index is 0.511. The summed E-state index contributed by atoms with van der Waals surface area (Å²) < 4.78 is 12.7. The molecule has 0 amide bonds. The van der Waals surface area contributed by atoms with Gasteiger partial charge in [-0.1, -0.05) is 11.6 Å². The quantitative estimate of drug-likeness (QED) is 0.705. The molecular weight excluding hydrogens is 340 g/mol. The number of pyridine rings is 1. The van der Waals surface area contributed by atoms with Gasteiger partial charge in [0.25, 0.3) is 0 Å². The van der Waals surface area contributed by atoms with Gasteiger partial charge in [-0.3, -0.25) is 0 Å². The zero-order chi connectivity index (χ0) is 18.0. The highest BCUT2D eigenvalue weighted by Gasteiger charge is 2.15. The summed E-state index contributed by atoms with van der Waals surface area (Å²) in [4.78, 5) is 4.70. The van der Waals surface area contributed by atoms with E-state index in [1.807, 2.05) is 29.8 Å². The van der Waals surface area contributed by atoms with Crippen molar-refractivity contribution in [3.05, 3.63) is 41.2 Å². The summed E-state index contributed by atoms with van der Waals surface area (Å²) in [6.45, 7) is 3.34. The fourth-order valence-corrected chi connectivity index (χ4v) is 2.95. The number of hydrogen-bond acceptors (Lipinski definition) is 5. The maximum Gasteiger partial charge on any atom is 0.141 e. The smallest absolute Gasteiger partial charge is 0.141 e. The van der Waals surface area contributed by atoms with Gasteiger partial charge in [-0.25, -0.2) is 4.98 Å². The topological polar surface area (TPSA) is 73.8 Å². The number of nitrogens with two attached hydrogens (primary N) is 1. The van der Waals surface area contributed by atoms with Crippen LogP contribution in [0.3, 0.4) is 0 Å². The van der Waals surface area contributed by atoms with Crippen LogP contribution in [0.5, 0.6) is 11.5 Å². The zero-order valence-electron chi connectivity index (χ0n) is 14.5. The number of nitrogens with one attached hydrogen (secondary N) is 1. The van der Waals surface area contributed by atoms with Gasteiger partial charge in [0, 0.05) is 37.1 Å². The predicted molar refractivity (Wildman–Crippen MR) is 101 cm³/mol. The third kappa shape index (κ3) is 3.36. The molecule has 0 unspecified atom stereocenters. The van der Waals surface area contributed by atoms with Gasteiger partial charge in [-0.2, -0.15) is 0 Å². The van der Waals surface area contributed by atoms with Gasteiger partial charge in [0.1, 0.15) is 17.1 Å². The fraction of sp³-hybridized carbons (Fsp3) is 0.278. The summed E-state index contributed by atoms with van der Waals surface area (Å²) in [5, 5.41) is 3.83. The Bertz CT molecular complexity index is 908. The molecule has 0 aliphatic heterocycles. The van der Waals surface area contributed by atoms with E-state index in [1.165, 1.54) is 0 Å². The van der Waals surface area contributed by atoms with Crippen LogP contribution in [0, 0.1) is 6.92 Å². The third-order valence-corrected chi connectivity index (χ3v) is 4.30. The SMILES string of the molecule is COc1cc(OC)c(-c2cn3cc(NCCN)c(C)cc3n2)cc1Cl. The maximum atomic E-state index is 6.28. The molecule has 0 aliphatic rings. The van der Waals surface area contributed by atoms with Crippen LogP contribution in [0.1, 0.15) is 5.56 Å². The summed E-state index contributed by atoms with van der Waals surface area (Å²) >= 11 is 6.28. The van der Waals surface area contributed by atoms with Gasteiger partial charge in [-0.05, 0) is 24.6 Å². The monoisotopic (exact) mass is 360 g/mol. The number of imidazole rings is 1. The first-order chi connectivity index (χ1) is 12.1. The Morgan fingerprint density at radius 2 is 1.92 bits per heavy atom. The highest BCUT2D eigenvalue weighted by Crippen LogP contribution is 2.38. The molecule has 0 saturated heterocycles. The summed E-state index contributed by atoms with van der Waals surface area (Å²) in [7, 11) is 3.19. The van der Waals surface area contributed by atoms with Crippen LogP contribution in [0.15, 0.2) is 30.6 Å². The normalized spacial score (nSPS) is 10.9. The molecule has 7 heteroatoms. The molecule has 25 heavy (non-hydrogen) atoms. The molecule has 2 heterocycles. The Kier molecular flexibility index (Phi) is 5.01. The van der Waals surface area contributed by atoms with Crippen LogP contribution in [-0.4, -0.2) is 36.7 Å². The number of methoxy groups -OCH3 is 2. The lowest BCUT2D eigenvalue weighted by atomic mass is 10.1. The molecule has 0 bridgehead atoms. The Balaban J connectivity index is 2.09. The number of aryl methyl sites for hydroxylation is 1. The van der Waals surface area contributed by atoms with Gasteiger partial charge in [-0.15, -0.1) is 0 Å².